The van der Waals surface area contributed by atoms with Gasteiger partial charge in [-0.15, -0.1) is 11.8 Å². The van der Waals surface area contributed by atoms with Gasteiger partial charge >= 0.3 is 12.0 Å². The third kappa shape index (κ3) is 5.55. The number of piperidine rings is 1. The minimum Gasteiger partial charge on any atom is -0.464 e. The van der Waals surface area contributed by atoms with E-state index in [2.05, 4.69) is 10.3 Å². The van der Waals surface area contributed by atoms with Crippen molar-refractivity contribution in [2.24, 2.45) is 0 Å². The molecule has 0 spiro atoms. The lowest BCUT2D eigenvalue weighted by Gasteiger charge is -2.33. The van der Waals surface area contributed by atoms with Crippen LogP contribution in [0.15, 0.2) is 59.6 Å². The number of esters is 1. The van der Waals surface area contributed by atoms with E-state index in [9.17, 15) is 14.0 Å². The van der Waals surface area contributed by atoms with Crippen molar-refractivity contribution in [2.45, 2.75) is 48.8 Å². The molecule has 1 aromatic heterocycles. The van der Waals surface area contributed by atoms with Gasteiger partial charge < -0.3 is 19.9 Å². The fourth-order valence-electron chi connectivity index (χ4n) is 4.38. The monoisotopic (exact) mass is 483 g/mol. The normalized spacial score (nSPS) is 16.3. The second-order valence-electron chi connectivity index (χ2n) is 8.52. The largest absolute Gasteiger partial charge is 0.464 e. The van der Waals surface area contributed by atoms with Gasteiger partial charge in [-0.2, -0.15) is 0 Å². The number of hydrogen-bond acceptors (Lipinski definition) is 4. The van der Waals surface area contributed by atoms with Crippen molar-refractivity contribution in [2.75, 3.05) is 19.7 Å². The number of para-hydroxylation sites is 1. The maximum absolute atomic E-state index is 13.1. The smallest absolute Gasteiger partial charge is 0.329 e. The minimum atomic E-state index is -0.794. The maximum Gasteiger partial charge on any atom is 0.329 e. The summed E-state index contributed by atoms with van der Waals surface area (Å²) in [6, 6.07) is 13.4. The number of H-pyrrole nitrogens is 1. The number of likely N-dealkylation sites (tertiary alicyclic amines) is 1. The number of halogens is 1. The number of aromatic nitrogens is 1. The summed E-state index contributed by atoms with van der Waals surface area (Å²) in [4.78, 5) is 32.0. The first-order valence-corrected chi connectivity index (χ1v) is 12.5. The Morgan fingerprint density at radius 1 is 1.18 bits per heavy atom. The maximum atomic E-state index is 13.1. The third-order valence-electron chi connectivity index (χ3n) is 6.28. The molecule has 180 valence electrons. The molecule has 2 N–H and O–H groups in total. The minimum absolute atomic E-state index is 0.242. The van der Waals surface area contributed by atoms with E-state index in [0.717, 1.165) is 34.2 Å². The number of thioether (sulfide) groups is 1. The van der Waals surface area contributed by atoms with Gasteiger partial charge in [0, 0.05) is 46.3 Å². The molecule has 6 nitrogen and oxygen atoms in total. The lowest BCUT2D eigenvalue weighted by atomic mass is 9.93. The second-order valence-corrected chi connectivity index (χ2v) is 9.89. The van der Waals surface area contributed by atoms with Crippen molar-refractivity contribution in [3.05, 3.63) is 66.1 Å². The van der Waals surface area contributed by atoms with Gasteiger partial charge in [0.1, 0.15) is 11.9 Å². The number of benzene rings is 2. The van der Waals surface area contributed by atoms with Crippen LogP contribution in [0.2, 0.25) is 0 Å². The molecule has 0 aliphatic carbocycles. The van der Waals surface area contributed by atoms with Crippen molar-refractivity contribution in [3.63, 3.8) is 0 Å². The van der Waals surface area contributed by atoms with Gasteiger partial charge in [0.2, 0.25) is 0 Å². The highest BCUT2D eigenvalue weighted by Gasteiger charge is 2.33. The van der Waals surface area contributed by atoms with Crippen LogP contribution in [0.5, 0.6) is 0 Å². The van der Waals surface area contributed by atoms with Gasteiger partial charge in [0.15, 0.2) is 0 Å². The third-order valence-corrected chi connectivity index (χ3v) is 7.63. The highest BCUT2D eigenvalue weighted by atomic mass is 32.2. The van der Waals surface area contributed by atoms with Crippen molar-refractivity contribution in [1.29, 1.82) is 0 Å². The zero-order valence-electron chi connectivity index (χ0n) is 19.4. The Morgan fingerprint density at radius 2 is 1.88 bits per heavy atom. The lowest BCUT2D eigenvalue weighted by molar-refractivity contribution is -0.145. The molecule has 0 bridgehead atoms. The van der Waals surface area contributed by atoms with Gasteiger partial charge in [-0.25, -0.2) is 14.0 Å². The van der Waals surface area contributed by atoms with Crippen LogP contribution in [0, 0.1) is 5.82 Å². The van der Waals surface area contributed by atoms with E-state index >= 15 is 0 Å². The molecular weight excluding hydrogens is 453 g/mol. The SMILES string of the molecule is CCOC(=O)[C@H](NC(=O)N1CCC(Sc2ccc(F)cc2)CC1)[C@@H](C)c1c[nH]c2ccccc12. The van der Waals surface area contributed by atoms with Crippen LogP contribution < -0.4 is 5.32 Å². The molecule has 1 aliphatic heterocycles. The Kier molecular flexibility index (Phi) is 7.77. The van der Waals surface area contributed by atoms with E-state index in [0.29, 0.717) is 18.3 Å². The van der Waals surface area contributed by atoms with E-state index < -0.39 is 12.0 Å². The van der Waals surface area contributed by atoms with Crippen LogP contribution >= 0.6 is 11.8 Å². The molecule has 0 saturated carbocycles. The predicted molar refractivity (Wildman–Crippen MR) is 133 cm³/mol. The molecule has 2 amide bonds. The molecule has 8 heteroatoms. The molecule has 4 rings (SSSR count). The van der Waals surface area contributed by atoms with E-state index in [1.807, 2.05) is 37.4 Å². The molecule has 1 fully saturated rings. The van der Waals surface area contributed by atoms with Crippen LogP contribution in [-0.4, -0.2) is 52.9 Å². The first-order chi connectivity index (χ1) is 16.5. The zero-order chi connectivity index (χ0) is 24.1. The fourth-order valence-corrected chi connectivity index (χ4v) is 5.50. The fraction of sp³-hybridized carbons (Fsp3) is 0.385. The summed E-state index contributed by atoms with van der Waals surface area (Å²) >= 11 is 1.71. The number of hydrogen-bond donors (Lipinski definition) is 2. The van der Waals surface area contributed by atoms with Crippen molar-refractivity contribution in [3.8, 4) is 0 Å². The second kappa shape index (κ2) is 11.0. The molecule has 2 atom stereocenters. The Bertz CT molecular complexity index is 1130. The number of urea groups is 1. The number of fused-ring (bicyclic) bond motifs is 1. The molecular formula is C26H30FN3O3S. The average molecular weight is 484 g/mol. The quantitative estimate of drug-likeness (QED) is 0.447. The summed E-state index contributed by atoms with van der Waals surface area (Å²) in [5, 5.41) is 4.33. The zero-order valence-corrected chi connectivity index (χ0v) is 20.2. The number of ether oxygens (including phenoxy) is 1. The molecule has 0 radical (unpaired) electrons. The molecule has 0 unspecified atom stereocenters. The molecule has 34 heavy (non-hydrogen) atoms. The predicted octanol–water partition coefficient (Wildman–Crippen LogP) is 5.31. The number of rotatable bonds is 7. The molecule has 1 saturated heterocycles. The van der Waals surface area contributed by atoms with Crippen molar-refractivity contribution < 1.29 is 18.7 Å². The summed E-state index contributed by atoms with van der Waals surface area (Å²) in [7, 11) is 0. The van der Waals surface area contributed by atoms with Gasteiger partial charge in [0.25, 0.3) is 0 Å². The van der Waals surface area contributed by atoms with Gasteiger partial charge in [-0.1, -0.05) is 25.1 Å². The Morgan fingerprint density at radius 3 is 2.59 bits per heavy atom. The number of amides is 2. The highest BCUT2D eigenvalue weighted by Crippen LogP contribution is 2.31. The first-order valence-electron chi connectivity index (χ1n) is 11.7. The van der Waals surface area contributed by atoms with E-state index in [1.54, 1.807) is 35.7 Å². The van der Waals surface area contributed by atoms with Crippen LogP contribution in [0.3, 0.4) is 0 Å². The van der Waals surface area contributed by atoms with Gasteiger partial charge in [-0.05, 0) is 55.7 Å². The Balaban J connectivity index is 1.40. The molecule has 3 aromatic rings. The number of carbonyl (C=O) groups is 2. The summed E-state index contributed by atoms with van der Waals surface area (Å²) in [5.74, 6) is -0.949. The number of aromatic amines is 1. The summed E-state index contributed by atoms with van der Waals surface area (Å²) in [6.07, 6.45) is 3.56. The van der Waals surface area contributed by atoms with Crippen molar-refractivity contribution in [1.82, 2.24) is 15.2 Å². The van der Waals surface area contributed by atoms with Crippen LogP contribution in [0.4, 0.5) is 9.18 Å². The van der Waals surface area contributed by atoms with Gasteiger partial charge in [0.05, 0.1) is 6.61 Å². The van der Waals surface area contributed by atoms with Crippen LogP contribution in [-0.2, 0) is 9.53 Å². The van der Waals surface area contributed by atoms with E-state index in [4.69, 9.17) is 4.74 Å². The van der Waals surface area contributed by atoms with Crippen molar-refractivity contribution >= 4 is 34.7 Å². The summed E-state index contributed by atoms with van der Waals surface area (Å²) < 4.78 is 18.4. The van der Waals surface area contributed by atoms with Crippen LogP contribution in [0.1, 0.15) is 38.2 Å². The number of nitrogens with zero attached hydrogens (tertiary/aromatic N) is 1. The summed E-state index contributed by atoms with van der Waals surface area (Å²) in [5.41, 5.74) is 1.95. The number of nitrogens with one attached hydrogen (secondary N) is 2. The molecule has 2 heterocycles. The van der Waals surface area contributed by atoms with E-state index in [1.165, 1.54) is 12.1 Å². The summed E-state index contributed by atoms with van der Waals surface area (Å²) in [6.45, 7) is 5.14. The van der Waals surface area contributed by atoms with Gasteiger partial charge in [-0.3, -0.25) is 0 Å². The molecule has 2 aromatic carbocycles. The standard InChI is InChI=1S/C26H30FN3O3S/c1-3-33-25(31)24(17(2)22-16-28-23-7-5-4-6-21(22)23)29-26(32)30-14-12-20(13-15-30)34-19-10-8-18(27)9-11-19/h4-11,16-17,20,24,28H,3,12-15H2,1-2H3,(H,29,32)/t17-,24+/m0/s1. The first kappa shape index (κ1) is 24.1. The number of carbonyl (C=O) groups excluding carboxylic acids is 2. The topological polar surface area (TPSA) is 74.4 Å². The highest BCUT2D eigenvalue weighted by molar-refractivity contribution is 8.00. The average Bonchev–Trinajstić information content (AvgIpc) is 3.28. The molecule has 1 aliphatic rings. The lowest BCUT2D eigenvalue weighted by Crippen LogP contribution is -2.52. The Hall–Kier alpha value is -3.00. The Labute approximate surface area is 203 Å². The van der Waals surface area contributed by atoms with Crippen LogP contribution in [0.25, 0.3) is 10.9 Å². The van der Waals surface area contributed by atoms with E-state index in [-0.39, 0.29) is 24.4 Å².